The first kappa shape index (κ1) is 21.7. The molecule has 0 bridgehead atoms. The second kappa shape index (κ2) is 9.24. The number of rotatable bonds is 7. The van der Waals surface area contributed by atoms with Gasteiger partial charge in [0.05, 0.1) is 4.90 Å². The molecule has 0 N–H and O–H groups in total. The lowest BCUT2D eigenvalue weighted by molar-refractivity contribution is 0.0993. The highest BCUT2D eigenvalue weighted by atomic mass is 32.2. The molecule has 3 aromatic rings. The minimum absolute atomic E-state index is 0.172. The average molecular weight is 423 g/mol. The molecule has 3 rings (SSSR count). The van der Waals surface area contributed by atoms with Crippen LogP contribution in [0.3, 0.4) is 0 Å². The van der Waals surface area contributed by atoms with Gasteiger partial charge in [0.15, 0.2) is 0 Å². The standard InChI is InChI=1S/C24H26N2O3S/c1-19(2)26(18-20-10-6-4-7-11-20)30(28,29)23-16-14-21(15-17-23)24(27)25(3)22-12-8-5-9-13-22/h4-17,19H,18H2,1-3H3. The zero-order chi connectivity index (χ0) is 21.7. The van der Waals surface area contributed by atoms with Gasteiger partial charge in [-0.3, -0.25) is 4.79 Å². The summed E-state index contributed by atoms with van der Waals surface area (Å²) in [4.78, 5) is 14.5. The molecule has 5 nitrogen and oxygen atoms in total. The number of hydrogen-bond acceptors (Lipinski definition) is 3. The Morgan fingerprint density at radius 2 is 1.37 bits per heavy atom. The summed E-state index contributed by atoms with van der Waals surface area (Å²) in [6.07, 6.45) is 0. The number of sulfonamides is 1. The molecule has 0 saturated heterocycles. The van der Waals surface area contributed by atoms with Crippen molar-refractivity contribution in [3.05, 3.63) is 96.1 Å². The van der Waals surface area contributed by atoms with Crippen molar-refractivity contribution in [2.75, 3.05) is 11.9 Å². The summed E-state index contributed by atoms with van der Waals surface area (Å²) in [6, 6.07) is 24.7. The second-order valence-corrected chi connectivity index (χ2v) is 9.24. The van der Waals surface area contributed by atoms with E-state index in [2.05, 4.69) is 0 Å². The maximum atomic E-state index is 13.2. The Morgan fingerprint density at radius 3 is 1.90 bits per heavy atom. The summed E-state index contributed by atoms with van der Waals surface area (Å²) in [6.45, 7) is 4.00. The molecule has 6 heteroatoms. The number of hydrogen-bond donors (Lipinski definition) is 0. The maximum absolute atomic E-state index is 13.2. The van der Waals surface area contributed by atoms with Crippen LogP contribution in [0.25, 0.3) is 0 Å². The quantitative estimate of drug-likeness (QED) is 0.561. The number of para-hydroxylation sites is 1. The van der Waals surface area contributed by atoms with E-state index in [1.165, 1.54) is 16.4 Å². The summed E-state index contributed by atoms with van der Waals surface area (Å²) in [7, 11) is -2.01. The molecule has 0 atom stereocenters. The van der Waals surface area contributed by atoms with Gasteiger partial charge < -0.3 is 4.90 Å². The lowest BCUT2D eigenvalue weighted by Gasteiger charge is -2.26. The number of benzene rings is 3. The lowest BCUT2D eigenvalue weighted by atomic mass is 10.2. The van der Waals surface area contributed by atoms with Crippen molar-refractivity contribution in [3.63, 3.8) is 0 Å². The largest absolute Gasteiger partial charge is 0.311 e. The summed E-state index contributed by atoms with van der Waals surface area (Å²) in [5.74, 6) is -0.199. The summed E-state index contributed by atoms with van der Waals surface area (Å²) < 4.78 is 28.0. The van der Waals surface area contributed by atoms with Crippen LogP contribution in [0.15, 0.2) is 89.8 Å². The predicted octanol–water partition coefficient (Wildman–Crippen LogP) is 4.56. The van der Waals surface area contributed by atoms with Crippen LogP contribution >= 0.6 is 0 Å². The second-order valence-electron chi connectivity index (χ2n) is 7.35. The van der Waals surface area contributed by atoms with E-state index in [0.29, 0.717) is 5.56 Å². The smallest absolute Gasteiger partial charge is 0.258 e. The van der Waals surface area contributed by atoms with Crippen LogP contribution in [0.4, 0.5) is 5.69 Å². The zero-order valence-corrected chi connectivity index (χ0v) is 18.2. The Morgan fingerprint density at radius 1 is 0.833 bits per heavy atom. The first-order chi connectivity index (χ1) is 14.3. The van der Waals surface area contributed by atoms with Gasteiger partial charge >= 0.3 is 0 Å². The number of carbonyl (C=O) groups excluding carboxylic acids is 1. The van der Waals surface area contributed by atoms with Crippen molar-refractivity contribution in [2.24, 2.45) is 0 Å². The van der Waals surface area contributed by atoms with Crippen LogP contribution in [0.5, 0.6) is 0 Å². The van der Waals surface area contributed by atoms with Gasteiger partial charge in [0.1, 0.15) is 0 Å². The summed E-state index contributed by atoms with van der Waals surface area (Å²) in [5, 5.41) is 0. The third-order valence-electron chi connectivity index (χ3n) is 4.91. The van der Waals surface area contributed by atoms with Gasteiger partial charge in [-0.05, 0) is 55.8 Å². The molecule has 0 saturated carbocycles. The molecule has 0 aliphatic carbocycles. The van der Waals surface area contributed by atoms with Gasteiger partial charge in [-0.15, -0.1) is 0 Å². The first-order valence-corrected chi connectivity index (χ1v) is 11.2. The highest BCUT2D eigenvalue weighted by molar-refractivity contribution is 7.89. The molecule has 0 aromatic heterocycles. The van der Waals surface area contributed by atoms with Crippen molar-refractivity contribution >= 4 is 21.6 Å². The summed E-state index contributed by atoms with van der Waals surface area (Å²) in [5.41, 5.74) is 2.12. The minimum atomic E-state index is -3.70. The van der Waals surface area contributed by atoms with E-state index in [1.807, 2.05) is 74.5 Å². The van der Waals surface area contributed by atoms with Gasteiger partial charge in [-0.1, -0.05) is 48.5 Å². The fraction of sp³-hybridized carbons (Fsp3) is 0.208. The SMILES string of the molecule is CC(C)N(Cc1ccccc1)S(=O)(=O)c1ccc(C(=O)N(C)c2ccccc2)cc1. The van der Waals surface area contributed by atoms with Gasteiger partial charge in [0, 0.05) is 30.9 Å². The molecule has 3 aromatic carbocycles. The van der Waals surface area contributed by atoms with Crippen LogP contribution in [0.1, 0.15) is 29.8 Å². The van der Waals surface area contributed by atoms with Crippen LogP contribution in [0, 0.1) is 0 Å². The van der Waals surface area contributed by atoms with Crippen molar-refractivity contribution in [1.82, 2.24) is 4.31 Å². The molecular weight excluding hydrogens is 396 g/mol. The molecule has 0 aliphatic rings. The fourth-order valence-electron chi connectivity index (χ4n) is 3.18. The van der Waals surface area contributed by atoms with Crippen LogP contribution in [-0.2, 0) is 16.6 Å². The molecular formula is C24H26N2O3S. The van der Waals surface area contributed by atoms with E-state index in [0.717, 1.165) is 11.3 Å². The number of carbonyl (C=O) groups is 1. The number of nitrogens with zero attached hydrogens (tertiary/aromatic N) is 2. The molecule has 0 radical (unpaired) electrons. The van der Waals surface area contributed by atoms with Gasteiger partial charge in [-0.25, -0.2) is 8.42 Å². The Balaban J connectivity index is 1.83. The summed E-state index contributed by atoms with van der Waals surface area (Å²) >= 11 is 0. The first-order valence-electron chi connectivity index (χ1n) is 9.79. The molecule has 0 aliphatic heterocycles. The Bertz CT molecular complexity index is 1080. The Hall–Kier alpha value is -2.96. The zero-order valence-electron chi connectivity index (χ0n) is 17.4. The van der Waals surface area contributed by atoms with E-state index >= 15 is 0 Å². The topological polar surface area (TPSA) is 57.7 Å². The monoisotopic (exact) mass is 422 g/mol. The van der Waals surface area contributed by atoms with E-state index < -0.39 is 10.0 Å². The minimum Gasteiger partial charge on any atom is -0.311 e. The van der Waals surface area contributed by atoms with E-state index in [1.54, 1.807) is 24.1 Å². The van der Waals surface area contributed by atoms with Crippen LogP contribution < -0.4 is 4.90 Å². The van der Waals surface area contributed by atoms with Gasteiger partial charge in [0.25, 0.3) is 5.91 Å². The third kappa shape index (κ3) is 4.78. The highest BCUT2D eigenvalue weighted by Crippen LogP contribution is 2.22. The fourth-order valence-corrected chi connectivity index (χ4v) is 4.80. The third-order valence-corrected chi connectivity index (χ3v) is 6.95. The molecule has 1 amide bonds. The average Bonchev–Trinajstić information content (AvgIpc) is 2.77. The number of anilines is 1. The van der Waals surface area contributed by atoms with Crippen LogP contribution in [-0.4, -0.2) is 31.7 Å². The van der Waals surface area contributed by atoms with Crippen LogP contribution in [0.2, 0.25) is 0 Å². The maximum Gasteiger partial charge on any atom is 0.258 e. The molecule has 30 heavy (non-hydrogen) atoms. The molecule has 0 spiro atoms. The van der Waals surface area contributed by atoms with E-state index in [4.69, 9.17) is 0 Å². The lowest BCUT2D eigenvalue weighted by Crippen LogP contribution is -2.36. The van der Waals surface area contributed by atoms with E-state index in [-0.39, 0.29) is 23.4 Å². The Labute approximate surface area is 178 Å². The molecule has 156 valence electrons. The molecule has 0 fully saturated rings. The van der Waals surface area contributed by atoms with Crippen molar-refractivity contribution < 1.29 is 13.2 Å². The van der Waals surface area contributed by atoms with E-state index in [9.17, 15) is 13.2 Å². The van der Waals surface area contributed by atoms with Crippen molar-refractivity contribution in [3.8, 4) is 0 Å². The normalized spacial score (nSPS) is 11.6. The molecule has 0 unspecified atom stereocenters. The van der Waals surface area contributed by atoms with Gasteiger partial charge in [0.2, 0.25) is 10.0 Å². The van der Waals surface area contributed by atoms with Crippen molar-refractivity contribution in [1.29, 1.82) is 0 Å². The molecule has 0 heterocycles. The Kier molecular flexibility index (Phi) is 6.70. The highest BCUT2D eigenvalue weighted by Gasteiger charge is 2.27. The van der Waals surface area contributed by atoms with Crippen molar-refractivity contribution in [2.45, 2.75) is 31.3 Å². The predicted molar refractivity (Wildman–Crippen MR) is 120 cm³/mol. The van der Waals surface area contributed by atoms with Gasteiger partial charge in [-0.2, -0.15) is 4.31 Å². The number of amides is 1.